The highest BCUT2D eigenvalue weighted by Crippen LogP contribution is 2.30. The zero-order chi connectivity index (χ0) is 13.4. The van der Waals surface area contributed by atoms with E-state index in [1.165, 1.54) is 0 Å². The molecular weight excluding hydrogens is 351 g/mol. The van der Waals surface area contributed by atoms with Gasteiger partial charge in [-0.15, -0.1) is 0 Å². The zero-order valence-electron chi connectivity index (χ0n) is 10.5. The predicted octanol–water partition coefficient (Wildman–Crippen LogP) is 3.85. The third-order valence-corrected chi connectivity index (χ3v) is 3.92. The van der Waals surface area contributed by atoms with Crippen LogP contribution in [0.3, 0.4) is 0 Å². The quantitative estimate of drug-likeness (QED) is 0.598. The van der Waals surface area contributed by atoms with Gasteiger partial charge in [0.1, 0.15) is 11.9 Å². The van der Waals surface area contributed by atoms with Crippen molar-refractivity contribution in [3.63, 3.8) is 0 Å². The molecule has 2 aromatic rings. The van der Waals surface area contributed by atoms with E-state index in [-0.39, 0.29) is 11.9 Å². The highest BCUT2D eigenvalue weighted by molar-refractivity contribution is 14.1. The molecule has 0 spiro atoms. The molecule has 0 N–H and O–H groups in total. The standard InChI is InChI=1S/C16H13IO2/c1-10-7-13-8-12(5-6-15(13)19-10)16(18)11-3-2-4-14(17)9-11/h2-6,8-10H,7H2,1H3. The predicted molar refractivity (Wildman–Crippen MR) is 82.8 cm³/mol. The van der Waals surface area contributed by atoms with E-state index < -0.39 is 0 Å². The van der Waals surface area contributed by atoms with Gasteiger partial charge in [0, 0.05) is 21.1 Å². The number of carbonyl (C=O) groups excluding carboxylic acids is 1. The molecule has 0 saturated heterocycles. The maximum atomic E-state index is 12.4. The number of hydrogen-bond donors (Lipinski definition) is 0. The lowest BCUT2D eigenvalue weighted by Gasteiger charge is -2.04. The first-order valence-corrected chi connectivity index (χ1v) is 7.31. The van der Waals surface area contributed by atoms with Crippen molar-refractivity contribution in [2.24, 2.45) is 0 Å². The van der Waals surface area contributed by atoms with E-state index in [4.69, 9.17) is 4.74 Å². The minimum Gasteiger partial charge on any atom is -0.490 e. The monoisotopic (exact) mass is 364 g/mol. The summed E-state index contributed by atoms with van der Waals surface area (Å²) in [6.45, 7) is 2.04. The van der Waals surface area contributed by atoms with Crippen LogP contribution >= 0.6 is 22.6 Å². The van der Waals surface area contributed by atoms with Gasteiger partial charge in [-0.1, -0.05) is 12.1 Å². The fourth-order valence-corrected chi connectivity index (χ4v) is 2.90. The molecule has 0 aliphatic carbocycles. The van der Waals surface area contributed by atoms with Crippen molar-refractivity contribution in [2.75, 3.05) is 0 Å². The average molecular weight is 364 g/mol. The van der Waals surface area contributed by atoms with Crippen LogP contribution in [0.25, 0.3) is 0 Å². The number of fused-ring (bicyclic) bond motifs is 1. The van der Waals surface area contributed by atoms with Crippen LogP contribution in [0.5, 0.6) is 5.75 Å². The average Bonchev–Trinajstić information content (AvgIpc) is 2.76. The van der Waals surface area contributed by atoms with Gasteiger partial charge < -0.3 is 4.74 Å². The van der Waals surface area contributed by atoms with Crippen molar-refractivity contribution in [3.8, 4) is 5.75 Å². The van der Waals surface area contributed by atoms with Crippen molar-refractivity contribution in [3.05, 3.63) is 62.7 Å². The van der Waals surface area contributed by atoms with Crippen LogP contribution < -0.4 is 4.74 Å². The molecule has 0 aromatic heterocycles. The molecule has 0 fully saturated rings. The van der Waals surface area contributed by atoms with Crippen LogP contribution in [-0.2, 0) is 6.42 Å². The van der Waals surface area contributed by atoms with E-state index >= 15 is 0 Å². The van der Waals surface area contributed by atoms with Crippen LogP contribution in [0.2, 0.25) is 0 Å². The normalized spacial score (nSPS) is 16.8. The summed E-state index contributed by atoms with van der Waals surface area (Å²) in [7, 11) is 0. The molecule has 0 bridgehead atoms. The topological polar surface area (TPSA) is 26.3 Å². The van der Waals surface area contributed by atoms with Gasteiger partial charge in [0.05, 0.1) is 0 Å². The number of rotatable bonds is 2. The van der Waals surface area contributed by atoms with Gasteiger partial charge in [-0.05, 0) is 65.4 Å². The minimum absolute atomic E-state index is 0.0702. The summed E-state index contributed by atoms with van der Waals surface area (Å²) in [6, 6.07) is 13.4. The first-order chi connectivity index (χ1) is 9.13. The van der Waals surface area contributed by atoms with Crippen molar-refractivity contribution < 1.29 is 9.53 Å². The highest BCUT2D eigenvalue weighted by atomic mass is 127. The molecule has 3 rings (SSSR count). The van der Waals surface area contributed by atoms with Gasteiger partial charge in [0.2, 0.25) is 0 Å². The van der Waals surface area contributed by atoms with Crippen LogP contribution in [0.4, 0.5) is 0 Å². The third-order valence-electron chi connectivity index (χ3n) is 3.25. The van der Waals surface area contributed by atoms with Crippen LogP contribution in [0.1, 0.15) is 28.4 Å². The maximum absolute atomic E-state index is 12.4. The number of ether oxygens (including phenoxy) is 1. The lowest BCUT2D eigenvalue weighted by atomic mass is 10.00. The molecule has 1 unspecified atom stereocenters. The number of halogens is 1. The second-order valence-electron chi connectivity index (χ2n) is 4.79. The Morgan fingerprint density at radius 1 is 1.21 bits per heavy atom. The smallest absolute Gasteiger partial charge is 0.193 e. The molecule has 1 aliphatic rings. The number of carbonyl (C=O) groups is 1. The molecule has 96 valence electrons. The lowest BCUT2D eigenvalue weighted by Crippen LogP contribution is -2.05. The second-order valence-corrected chi connectivity index (χ2v) is 6.04. The van der Waals surface area contributed by atoms with E-state index in [0.29, 0.717) is 0 Å². The van der Waals surface area contributed by atoms with Crippen molar-refractivity contribution >= 4 is 28.4 Å². The van der Waals surface area contributed by atoms with Crippen LogP contribution in [-0.4, -0.2) is 11.9 Å². The number of hydrogen-bond acceptors (Lipinski definition) is 2. The van der Waals surface area contributed by atoms with Crippen molar-refractivity contribution in [2.45, 2.75) is 19.4 Å². The van der Waals surface area contributed by atoms with Crippen LogP contribution in [0.15, 0.2) is 42.5 Å². The van der Waals surface area contributed by atoms with Crippen molar-refractivity contribution in [1.29, 1.82) is 0 Å². The largest absolute Gasteiger partial charge is 0.490 e. The van der Waals surface area contributed by atoms with E-state index in [1.54, 1.807) is 0 Å². The molecule has 2 aromatic carbocycles. The molecule has 1 heterocycles. The van der Waals surface area contributed by atoms with E-state index in [9.17, 15) is 4.79 Å². The Balaban J connectivity index is 1.95. The number of ketones is 1. The van der Waals surface area contributed by atoms with E-state index in [0.717, 1.165) is 32.4 Å². The molecule has 1 aliphatic heterocycles. The summed E-state index contributed by atoms with van der Waals surface area (Å²) in [5.74, 6) is 0.979. The summed E-state index contributed by atoms with van der Waals surface area (Å²) < 4.78 is 6.72. The Bertz CT molecular complexity index is 649. The molecule has 0 amide bonds. The first-order valence-electron chi connectivity index (χ1n) is 6.23. The second kappa shape index (κ2) is 4.96. The van der Waals surface area contributed by atoms with Gasteiger partial charge in [0.15, 0.2) is 5.78 Å². The van der Waals surface area contributed by atoms with E-state index in [1.807, 2.05) is 49.4 Å². The molecule has 19 heavy (non-hydrogen) atoms. The Labute approximate surface area is 125 Å². The third kappa shape index (κ3) is 2.52. The lowest BCUT2D eigenvalue weighted by molar-refractivity contribution is 0.103. The summed E-state index contributed by atoms with van der Waals surface area (Å²) in [4.78, 5) is 12.4. The van der Waals surface area contributed by atoms with E-state index in [2.05, 4.69) is 22.6 Å². The van der Waals surface area contributed by atoms with Gasteiger partial charge in [0.25, 0.3) is 0 Å². The molecule has 0 radical (unpaired) electrons. The summed E-state index contributed by atoms with van der Waals surface area (Å²) in [6.07, 6.45) is 1.08. The summed E-state index contributed by atoms with van der Waals surface area (Å²) in [5, 5.41) is 0. The van der Waals surface area contributed by atoms with Gasteiger partial charge in [-0.2, -0.15) is 0 Å². The Hall–Kier alpha value is -1.36. The fourth-order valence-electron chi connectivity index (χ4n) is 2.36. The van der Waals surface area contributed by atoms with Gasteiger partial charge >= 0.3 is 0 Å². The fraction of sp³-hybridized carbons (Fsp3) is 0.188. The Morgan fingerprint density at radius 3 is 2.79 bits per heavy atom. The molecular formula is C16H13IO2. The number of benzene rings is 2. The SMILES string of the molecule is CC1Cc2cc(C(=O)c3cccc(I)c3)ccc2O1. The minimum atomic E-state index is 0.0702. The van der Waals surface area contributed by atoms with Crippen molar-refractivity contribution in [1.82, 2.24) is 0 Å². The van der Waals surface area contributed by atoms with Gasteiger partial charge in [-0.25, -0.2) is 0 Å². The molecule has 2 nitrogen and oxygen atoms in total. The van der Waals surface area contributed by atoms with Crippen LogP contribution in [0, 0.1) is 3.57 Å². The zero-order valence-corrected chi connectivity index (χ0v) is 12.7. The highest BCUT2D eigenvalue weighted by Gasteiger charge is 2.20. The Morgan fingerprint density at radius 2 is 2.00 bits per heavy atom. The maximum Gasteiger partial charge on any atom is 0.193 e. The molecule has 1 atom stereocenters. The molecule has 0 saturated carbocycles. The summed E-state index contributed by atoms with van der Waals surface area (Å²) >= 11 is 2.22. The first kappa shape index (κ1) is 12.7. The Kier molecular flexibility index (Phi) is 3.31. The summed E-state index contributed by atoms with van der Waals surface area (Å²) in [5.41, 5.74) is 2.60. The molecule has 3 heteroatoms. The van der Waals surface area contributed by atoms with Gasteiger partial charge in [-0.3, -0.25) is 4.79 Å².